The predicted octanol–water partition coefficient (Wildman–Crippen LogP) is 0.664. The lowest BCUT2D eigenvalue weighted by molar-refractivity contribution is -0.144. The topological polar surface area (TPSA) is 66.4 Å². The van der Waals surface area contributed by atoms with Gasteiger partial charge in [0, 0.05) is 5.41 Å². The number of aldehydes is 1. The second-order valence-electron chi connectivity index (χ2n) is 4.23. The van der Waals surface area contributed by atoms with Gasteiger partial charge in [-0.2, -0.15) is 0 Å². The maximum absolute atomic E-state index is 11.1. The van der Waals surface area contributed by atoms with Crippen LogP contribution in [0.3, 0.4) is 0 Å². The monoisotopic (exact) mass is 199 g/mol. The number of carbonyl (C=O) groups excluding carboxylic acids is 1. The lowest BCUT2D eigenvalue weighted by Gasteiger charge is -2.24. The molecule has 1 saturated carbocycles. The fourth-order valence-corrected chi connectivity index (χ4v) is 2.54. The van der Waals surface area contributed by atoms with Crippen molar-refractivity contribution in [3.05, 3.63) is 0 Å². The predicted molar refractivity (Wildman–Crippen MR) is 52.0 cm³/mol. The Morgan fingerprint density at radius 3 is 2.50 bits per heavy atom. The van der Waals surface area contributed by atoms with E-state index in [1.54, 1.807) is 14.0 Å². The maximum atomic E-state index is 11.1. The number of carboxylic acid groups (broad SMARTS) is 1. The number of hydrogen-bond acceptors (Lipinski definition) is 3. The highest BCUT2D eigenvalue weighted by Crippen LogP contribution is 2.67. The Bertz CT molecular complexity index is 266. The minimum atomic E-state index is -0.804. The first-order chi connectivity index (χ1) is 6.48. The molecule has 0 aromatic heterocycles. The van der Waals surface area contributed by atoms with Gasteiger partial charge in [0.05, 0.1) is 11.5 Å². The van der Waals surface area contributed by atoms with Gasteiger partial charge in [-0.05, 0) is 26.8 Å². The van der Waals surface area contributed by atoms with Gasteiger partial charge in [-0.3, -0.25) is 4.79 Å². The summed E-state index contributed by atoms with van der Waals surface area (Å²) in [4.78, 5) is 21.9. The Hall–Kier alpha value is -0.900. The van der Waals surface area contributed by atoms with Crippen LogP contribution < -0.4 is 5.32 Å². The Labute approximate surface area is 83.7 Å². The number of carbonyl (C=O) groups is 2. The molecule has 0 aliphatic heterocycles. The maximum Gasteiger partial charge on any atom is 0.310 e. The largest absolute Gasteiger partial charge is 0.481 e. The van der Waals surface area contributed by atoms with Crippen molar-refractivity contribution in [2.45, 2.75) is 32.7 Å². The number of hydrogen-bond donors (Lipinski definition) is 2. The van der Waals surface area contributed by atoms with Gasteiger partial charge in [-0.15, -0.1) is 0 Å². The standard InChI is InChI=1S/C10H17NO3/c1-4-10(7(5-12)11-3)6-9(10,2)8(13)14/h5,7,11H,4,6H2,1-3H3,(H,13,14). The van der Waals surface area contributed by atoms with Crippen LogP contribution in [0, 0.1) is 10.8 Å². The molecular weight excluding hydrogens is 182 g/mol. The molecule has 0 heterocycles. The molecule has 3 atom stereocenters. The zero-order chi connectivity index (χ0) is 11.0. The molecule has 0 saturated heterocycles. The van der Waals surface area contributed by atoms with E-state index in [0.717, 1.165) is 6.29 Å². The third-order valence-electron chi connectivity index (χ3n) is 3.79. The SMILES string of the molecule is CCC1(C(C=O)NC)CC1(C)C(=O)O. The van der Waals surface area contributed by atoms with Crippen LogP contribution in [0.1, 0.15) is 26.7 Å². The van der Waals surface area contributed by atoms with Crippen LogP contribution in [0.5, 0.6) is 0 Å². The summed E-state index contributed by atoms with van der Waals surface area (Å²) in [5.74, 6) is -0.804. The first-order valence-corrected chi connectivity index (χ1v) is 4.84. The molecule has 3 unspecified atom stereocenters. The Kier molecular flexibility index (Phi) is 2.67. The third kappa shape index (κ3) is 1.17. The van der Waals surface area contributed by atoms with Crippen LogP contribution in [-0.4, -0.2) is 30.5 Å². The second kappa shape index (κ2) is 3.35. The van der Waals surface area contributed by atoms with Crippen molar-refractivity contribution in [3.63, 3.8) is 0 Å². The summed E-state index contributed by atoms with van der Waals surface area (Å²) in [6, 6.07) is -0.353. The van der Waals surface area contributed by atoms with E-state index >= 15 is 0 Å². The molecule has 1 rings (SSSR count). The van der Waals surface area contributed by atoms with Crippen LogP contribution in [-0.2, 0) is 9.59 Å². The van der Waals surface area contributed by atoms with E-state index in [1.807, 2.05) is 6.92 Å². The average molecular weight is 199 g/mol. The summed E-state index contributed by atoms with van der Waals surface area (Å²) in [6.07, 6.45) is 2.10. The normalized spacial score (nSPS) is 37.6. The van der Waals surface area contributed by atoms with Crippen molar-refractivity contribution >= 4 is 12.3 Å². The van der Waals surface area contributed by atoms with E-state index in [4.69, 9.17) is 5.11 Å². The fourth-order valence-electron chi connectivity index (χ4n) is 2.54. The molecule has 0 radical (unpaired) electrons. The van der Waals surface area contributed by atoms with Gasteiger partial charge >= 0.3 is 5.97 Å². The molecule has 0 spiro atoms. The van der Waals surface area contributed by atoms with Crippen LogP contribution >= 0.6 is 0 Å². The van der Waals surface area contributed by atoms with Crippen LogP contribution in [0.2, 0.25) is 0 Å². The number of aliphatic carboxylic acids is 1. The molecule has 14 heavy (non-hydrogen) atoms. The fraction of sp³-hybridized carbons (Fsp3) is 0.800. The smallest absolute Gasteiger partial charge is 0.310 e. The van der Waals surface area contributed by atoms with Gasteiger partial charge in [0.1, 0.15) is 6.29 Å². The van der Waals surface area contributed by atoms with Gasteiger partial charge in [-0.1, -0.05) is 6.92 Å². The van der Waals surface area contributed by atoms with E-state index in [-0.39, 0.29) is 6.04 Å². The van der Waals surface area contributed by atoms with E-state index in [2.05, 4.69) is 5.32 Å². The van der Waals surface area contributed by atoms with Gasteiger partial charge in [0.25, 0.3) is 0 Å². The molecule has 2 N–H and O–H groups in total. The van der Waals surface area contributed by atoms with Gasteiger partial charge in [0.2, 0.25) is 0 Å². The summed E-state index contributed by atoms with van der Waals surface area (Å²) in [5, 5.41) is 12.0. The second-order valence-corrected chi connectivity index (χ2v) is 4.23. The van der Waals surface area contributed by atoms with Crippen molar-refractivity contribution in [1.29, 1.82) is 0 Å². The first-order valence-electron chi connectivity index (χ1n) is 4.84. The van der Waals surface area contributed by atoms with Crippen molar-refractivity contribution in [3.8, 4) is 0 Å². The van der Waals surface area contributed by atoms with Gasteiger partial charge in [0.15, 0.2) is 0 Å². The molecule has 0 aromatic carbocycles. The van der Waals surface area contributed by atoms with E-state index in [9.17, 15) is 9.59 Å². The molecule has 0 amide bonds. The number of nitrogens with one attached hydrogen (secondary N) is 1. The highest BCUT2D eigenvalue weighted by molar-refractivity contribution is 5.81. The first kappa shape index (κ1) is 11.2. The van der Waals surface area contributed by atoms with E-state index < -0.39 is 16.8 Å². The molecule has 4 nitrogen and oxygen atoms in total. The van der Waals surface area contributed by atoms with Gasteiger partial charge < -0.3 is 15.2 Å². The lowest BCUT2D eigenvalue weighted by Crippen LogP contribution is -2.40. The Morgan fingerprint density at radius 2 is 2.29 bits per heavy atom. The van der Waals surface area contributed by atoms with Crippen LogP contribution in [0.25, 0.3) is 0 Å². The zero-order valence-corrected chi connectivity index (χ0v) is 8.83. The molecule has 1 aliphatic carbocycles. The minimum absolute atomic E-state index is 0.353. The molecular formula is C10H17NO3. The molecule has 4 heteroatoms. The van der Waals surface area contributed by atoms with Crippen molar-refractivity contribution in [2.24, 2.45) is 10.8 Å². The number of likely N-dealkylation sites (N-methyl/N-ethyl adjacent to an activating group) is 1. The average Bonchev–Trinajstić information content (AvgIpc) is 2.77. The van der Waals surface area contributed by atoms with Gasteiger partial charge in [-0.25, -0.2) is 0 Å². The molecule has 80 valence electrons. The summed E-state index contributed by atoms with van der Waals surface area (Å²) >= 11 is 0. The third-order valence-corrected chi connectivity index (χ3v) is 3.79. The Balaban J connectivity index is 2.93. The summed E-state index contributed by atoms with van der Waals surface area (Å²) in [7, 11) is 1.69. The van der Waals surface area contributed by atoms with Crippen LogP contribution in [0.4, 0.5) is 0 Å². The lowest BCUT2D eigenvalue weighted by atomic mass is 9.85. The van der Waals surface area contributed by atoms with Crippen molar-refractivity contribution in [1.82, 2.24) is 5.32 Å². The zero-order valence-electron chi connectivity index (χ0n) is 8.83. The highest BCUT2D eigenvalue weighted by Gasteiger charge is 2.71. The molecule has 0 aromatic rings. The summed E-state index contributed by atoms with van der Waals surface area (Å²) in [5.41, 5.74) is -1.13. The molecule has 0 bridgehead atoms. The number of carboxylic acids is 1. The van der Waals surface area contributed by atoms with E-state index in [0.29, 0.717) is 12.8 Å². The number of rotatable bonds is 5. The molecule has 1 fully saturated rings. The molecule has 1 aliphatic rings. The van der Waals surface area contributed by atoms with Crippen molar-refractivity contribution in [2.75, 3.05) is 7.05 Å². The van der Waals surface area contributed by atoms with Crippen LogP contribution in [0.15, 0.2) is 0 Å². The minimum Gasteiger partial charge on any atom is -0.481 e. The van der Waals surface area contributed by atoms with E-state index in [1.165, 1.54) is 0 Å². The van der Waals surface area contributed by atoms with Crippen molar-refractivity contribution < 1.29 is 14.7 Å². The Morgan fingerprint density at radius 1 is 1.71 bits per heavy atom. The highest BCUT2D eigenvalue weighted by atomic mass is 16.4. The summed E-state index contributed by atoms with van der Waals surface area (Å²) in [6.45, 7) is 3.65. The quantitative estimate of drug-likeness (QED) is 0.638. The summed E-state index contributed by atoms with van der Waals surface area (Å²) < 4.78 is 0.